The normalized spacial score (nSPS) is 10.3. The summed E-state index contributed by atoms with van der Waals surface area (Å²) in [5.41, 5.74) is 0.703. The lowest BCUT2D eigenvalue weighted by molar-refractivity contribution is -0.126. The largest absolute Gasteiger partial charge is 0.299 e. The first-order valence-corrected chi connectivity index (χ1v) is 4.66. The number of rotatable bonds is 3. The zero-order valence-electron chi connectivity index (χ0n) is 8.08. The molecule has 0 spiro atoms. The van der Waals surface area contributed by atoms with E-state index < -0.39 is 5.92 Å². The molecule has 0 aromatic heterocycles. The standard InChI is InChI=1S/C11H11ClO2/c1-7(13)11(8(2)14)9-3-5-10(12)6-4-9/h3-6,11H,1-2H3. The zero-order chi connectivity index (χ0) is 10.7. The van der Waals surface area contributed by atoms with Crippen molar-refractivity contribution in [2.75, 3.05) is 0 Å². The minimum absolute atomic E-state index is 0.139. The molecule has 74 valence electrons. The predicted molar refractivity (Wildman–Crippen MR) is 55.6 cm³/mol. The Morgan fingerprint density at radius 1 is 1.07 bits per heavy atom. The van der Waals surface area contributed by atoms with Crippen LogP contribution in [0.25, 0.3) is 0 Å². The fraction of sp³-hybridized carbons (Fsp3) is 0.273. The van der Waals surface area contributed by atoms with Crippen LogP contribution >= 0.6 is 11.6 Å². The molecule has 0 fully saturated rings. The van der Waals surface area contributed by atoms with Gasteiger partial charge in [-0.3, -0.25) is 9.59 Å². The van der Waals surface area contributed by atoms with Crippen LogP contribution in [0.1, 0.15) is 25.3 Å². The summed E-state index contributed by atoms with van der Waals surface area (Å²) in [5, 5.41) is 0.597. The second kappa shape index (κ2) is 4.38. The fourth-order valence-corrected chi connectivity index (χ4v) is 1.54. The van der Waals surface area contributed by atoms with Gasteiger partial charge in [0.15, 0.2) is 0 Å². The highest BCUT2D eigenvalue weighted by molar-refractivity contribution is 6.30. The summed E-state index contributed by atoms with van der Waals surface area (Å²) >= 11 is 5.71. The second-order valence-electron chi connectivity index (χ2n) is 3.21. The summed E-state index contributed by atoms with van der Waals surface area (Å²) in [7, 11) is 0. The van der Waals surface area contributed by atoms with Crippen LogP contribution in [0.5, 0.6) is 0 Å². The SMILES string of the molecule is CC(=O)C(C(C)=O)c1ccc(Cl)cc1. The van der Waals surface area contributed by atoms with Crippen molar-refractivity contribution in [2.24, 2.45) is 0 Å². The van der Waals surface area contributed by atoms with E-state index >= 15 is 0 Å². The molecule has 0 radical (unpaired) electrons. The van der Waals surface area contributed by atoms with Crippen LogP contribution in [0.3, 0.4) is 0 Å². The predicted octanol–water partition coefficient (Wildman–Crippen LogP) is 2.60. The molecule has 0 atom stereocenters. The van der Waals surface area contributed by atoms with E-state index in [-0.39, 0.29) is 11.6 Å². The van der Waals surface area contributed by atoms with Crippen molar-refractivity contribution in [2.45, 2.75) is 19.8 Å². The number of benzene rings is 1. The summed E-state index contributed by atoms with van der Waals surface area (Å²) < 4.78 is 0. The molecule has 2 nitrogen and oxygen atoms in total. The maximum Gasteiger partial charge on any atom is 0.144 e. The lowest BCUT2D eigenvalue weighted by atomic mass is 9.92. The zero-order valence-corrected chi connectivity index (χ0v) is 8.84. The van der Waals surface area contributed by atoms with Crippen LogP contribution in [0.2, 0.25) is 5.02 Å². The van der Waals surface area contributed by atoms with Crippen LogP contribution in [-0.4, -0.2) is 11.6 Å². The van der Waals surface area contributed by atoms with Gasteiger partial charge in [-0.05, 0) is 31.5 Å². The van der Waals surface area contributed by atoms with Crippen LogP contribution in [0.15, 0.2) is 24.3 Å². The third-order valence-corrected chi connectivity index (χ3v) is 2.27. The van der Waals surface area contributed by atoms with Gasteiger partial charge in [0.2, 0.25) is 0 Å². The summed E-state index contributed by atoms with van der Waals surface area (Å²) in [6.07, 6.45) is 0. The Balaban J connectivity index is 3.06. The van der Waals surface area contributed by atoms with Gasteiger partial charge in [0, 0.05) is 5.02 Å². The molecule has 1 aromatic carbocycles. The van der Waals surface area contributed by atoms with Crippen molar-refractivity contribution in [1.29, 1.82) is 0 Å². The molecule has 0 heterocycles. The molecule has 0 aliphatic carbocycles. The Morgan fingerprint density at radius 2 is 1.50 bits per heavy atom. The summed E-state index contributed by atoms with van der Waals surface area (Å²) in [6.45, 7) is 2.83. The van der Waals surface area contributed by atoms with E-state index in [1.807, 2.05) is 0 Å². The van der Waals surface area contributed by atoms with Crippen molar-refractivity contribution in [3.8, 4) is 0 Å². The van der Waals surface area contributed by atoms with Crippen LogP contribution in [0, 0.1) is 0 Å². The third-order valence-electron chi connectivity index (χ3n) is 2.02. The van der Waals surface area contributed by atoms with Crippen LogP contribution in [0.4, 0.5) is 0 Å². The highest BCUT2D eigenvalue weighted by Gasteiger charge is 2.21. The van der Waals surface area contributed by atoms with Crippen molar-refractivity contribution in [3.63, 3.8) is 0 Å². The topological polar surface area (TPSA) is 34.1 Å². The lowest BCUT2D eigenvalue weighted by Gasteiger charge is -2.09. The Hall–Kier alpha value is -1.15. The van der Waals surface area contributed by atoms with Crippen LogP contribution in [-0.2, 0) is 9.59 Å². The Bertz CT molecular complexity index is 340. The minimum Gasteiger partial charge on any atom is -0.299 e. The maximum absolute atomic E-state index is 11.2. The molecule has 1 aromatic rings. The number of Topliss-reactive ketones (excluding diaryl/α,β-unsaturated/α-hetero) is 2. The molecule has 0 unspecified atom stereocenters. The highest BCUT2D eigenvalue weighted by Crippen LogP contribution is 2.20. The molecular formula is C11H11ClO2. The van der Waals surface area contributed by atoms with E-state index in [0.29, 0.717) is 10.6 Å². The van der Waals surface area contributed by atoms with Gasteiger partial charge in [0.25, 0.3) is 0 Å². The molecule has 1 rings (SSSR count). The molecule has 0 saturated carbocycles. The first-order valence-electron chi connectivity index (χ1n) is 4.28. The van der Waals surface area contributed by atoms with Crippen molar-refractivity contribution in [1.82, 2.24) is 0 Å². The van der Waals surface area contributed by atoms with Crippen molar-refractivity contribution < 1.29 is 9.59 Å². The molecule has 0 amide bonds. The summed E-state index contributed by atoms with van der Waals surface area (Å²) in [5.74, 6) is -0.924. The molecule has 0 aliphatic rings. The number of carbonyl (C=O) groups excluding carboxylic acids is 2. The number of halogens is 1. The van der Waals surface area contributed by atoms with E-state index in [2.05, 4.69) is 0 Å². The van der Waals surface area contributed by atoms with Gasteiger partial charge in [-0.25, -0.2) is 0 Å². The monoisotopic (exact) mass is 210 g/mol. The van der Waals surface area contributed by atoms with Gasteiger partial charge in [-0.15, -0.1) is 0 Å². The average Bonchev–Trinajstić information content (AvgIpc) is 2.07. The molecule has 0 saturated heterocycles. The number of ketones is 2. The number of hydrogen-bond donors (Lipinski definition) is 0. The van der Waals surface area contributed by atoms with Gasteiger partial charge >= 0.3 is 0 Å². The van der Waals surface area contributed by atoms with E-state index in [4.69, 9.17) is 11.6 Å². The van der Waals surface area contributed by atoms with E-state index in [9.17, 15) is 9.59 Å². The van der Waals surface area contributed by atoms with Crippen molar-refractivity contribution >= 4 is 23.2 Å². The number of hydrogen-bond acceptors (Lipinski definition) is 2. The third kappa shape index (κ3) is 2.42. The molecule has 3 heteroatoms. The average molecular weight is 211 g/mol. The van der Waals surface area contributed by atoms with E-state index in [1.54, 1.807) is 24.3 Å². The number of carbonyl (C=O) groups is 2. The Labute approximate surface area is 87.9 Å². The van der Waals surface area contributed by atoms with E-state index in [0.717, 1.165) is 0 Å². The van der Waals surface area contributed by atoms with Crippen LogP contribution < -0.4 is 0 Å². The quantitative estimate of drug-likeness (QED) is 0.719. The fourth-order valence-electron chi connectivity index (χ4n) is 1.41. The van der Waals surface area contributed by atoms with E-state index in [1.165, 1.54) is 13.8 Å². The lowest BCUT2D eigenvalue weighted by Crippen LogP contribution is -2.16. The first-order chi connectivity index (χ1) is 6.52. The Kier molecular flexibility index (Phi) is 3.42. The molecule has 14 heavy (non-hydrogen) atoms. The van der Waals surface area contributed by atoms with Gasteiger partial charge in [-0.1, -0.05) is 23.7 Å². The van der Waals surface area contributed by atoms with Gasteiger partial charge in [0.05, 0.1) is 0 Å². The summed E-state index contributed by atoms with van der Waals surface area (Å²) in [6, 6.07) is 6.76. The molecular weight excluding hydrogens is 200 g/mol. The molecule has 0 bridgehead atoms. The maximum atomic E-state index is 11.2. The first kappa shape index (κ1) is 10.9. The Morgan fingerprint density at radius 3 is 1.86 bits per heavy atom. The van der Waals surface area contributed by atoms with Gasteiger partial charge in [0.1, 0.15) is 17.5 Å². The smallest absolute Gasteiger partial charge is 0.144 e. The molecule has 0 aliphatic heterocycles. The van der Waals surface area contributed by atoms with Crippen molar-refractivity contribution in [3.05, 3.63) is 34.9 Å². The minimum atomic E-state index is -0.646. The highest BCUT2D eigenvalue weighted by atomic mass is 35.5. The molecule has 0 N–H and O–H groups in total. The van der Waals surface area contributed by atoms with Gasteiger partial charge < -0.3 is 0 Å². The van der Waals surface area contributed by atoms with Gasteiger partial charge in [-0.2, -0.15) is 0 Å². The summed E-state index contributed by atoms with van der Waals surface area (Å²) in [4.78, 5) is 22.4. The second-order valence-corrected chi connectivity index (χ2v) is 3.64.